The standard InChI is InChI=1S/C32H34F2N6O4S2/c1-19-7-12-45-29(19)31(42)35-26-16-22(39-10-8-38(4)9-11-39)5-6-24(26)28(41)17-27-25-18-40(32(2,3)30(25)37-36-27)46(43,44)23-14-20(33)13-21(34)15-23/h5-7,12-16H,8-11,17-18H2,1-4H3,(H,35,42)(H,36,37). The summed E-state index contributed by atoms with van der Waals surface area (Å²) in [5.41, 5.74) is 2.61. The van der Waals surface area contributed by atoms with Gasteiger partial charge in [-0.25, -0.2) is 17.2 Å². The SMILES string of the molecule is Cc1ccsc1C(=O)Nc1cc(N2CCN(C)CC2)ccc1C(=O)Cc1[nH]nc2c1CN(S(=O)(=O)c1cc(F)cc(F)c1)C2(C)C. The highest BCUT2D eigenvalue weighted by atomic mass is 32.2. The molecule has 2 aliphatic rings. The van der Waals surface area contributed by atoms with Crippen molar-refractivity contribution in [3.8, 4) is 0 Å². The molecule has 1 saturated heterocycles. The lowest BCUT2D eigenvalue weighted by molar-refractivity contribution is 0.0992. The highest BCUT2D eigenvalue weighted by Crippen LogP contribution is 2.43. The van der Waals surface area contributed by atoms with Gasteiger partial charge in [0.25, 0.3) is 5.91 Å². The summed E-state index contributed by atoms with van der Waals surface area (Å²) in [5, 5.41) is 12.1. The number of piperazine rings is 1. The highest BCUT2D eigenvalue weighted by Gasteiger charge is 2.48. The number of amides is 1. The van der Waals surface area contributed by atoms with Gasteiger partial charge < -0.3 is 15.1 Å². The zero-order valence-electron chi connectivity index (χ0n) is 25.9. The van der Waals surface area contributed by atoms with Gasteiger partial charge in [0.15, 0.2) is 5.78 Å². The average molecular weight is 669 g/mol. The smallest absolute Gasteiger partial charge is 0.266 e. The fourth-order valence-corrected chi connectivity index (χ4v) is 8.64. The van der Waals surface area contributed by atoms with Gasteiger partial charge in [0.2, 0.25) is 10.0 Å². The van der Waals surface area contributed by atoms with Crippen molar-refractivity contribution in [3.05, 3.63) is 92.4 Å². The molecule has 0 spiro atoms. The van der Waals surface area contributed by atoms with Crippen molar-refractivity contribution in [2.24, 2.45) is 0 Å². The Morgan fingerprint density at radius 3 is 2.39 bits per heavy atom. The number of nitrogens with one attached hydrogen (secondary N) is 2. The molecule has 6 rings (SSSR count). The number of aromatic nitrogens is 2. The molecular formula is C32H34F2N6O4S2. The third-order valence-electron chi connectivity index (χ3n) is 8.71. The van der Waals surface area contributed by atoms with Gasteiger partial charge in [-0.3, -0.25) is 14.7 Å². The molecular weight excluding hydrogens is 635 g/mol. The molecule has 4 heterocycles. The van der Waals surface area contributed by atoms with E-state index in [1.165, 1.54) is 11.3 Å². The van der Waals surface area contributed by atoms with Crippen LogP contribution in [0.3, 0.4) is 0 Å². The number of anilines is 2. The van der Waals surface area contributed by atoms with Crippen LogP contribution in [0.4, 0.5) is 20.2 Å². The number of carbonyl (C=O) groups excluding carboxylic acids is 2. The maximum Gasteiger partial charge on any atom is 0.266 e. The number of rotatable bonds is 8. The molecule has 46 heavy (non-hydrogen) atoms. The number of likely N-dealkylation sites (N-methyl/N-ethyl adjacent to an activating group) is 1. The molecule has 14 heteroatoms. The fraction of sp³-hybridized carbons (Fsp3) is 0.344. The topological polar surface area (TPSA) is 119 Å². The number of aromatic amines is 1. The predicted molar refractivity (Wildman–Crippen MR) is 172 cm³/mol. The zero-order valence-corrected chi connectivity index (χ0v) is 27.5. The number of nitrogens with zero attached hydrogens (tertiary/aromatic N) is 4. The fourth-order valence-electron chi connectivity index (χ4n) is 6.05. The van der Waals surface area contributed by atoms with E-state index in [0.29, 0.717) is 39.1 Å². The Bertz CT molecular complexity index is 1930. The first kappa shape index (κ1) is 32.0. The molecule has 2 aromatic carbocycles. The van der Waals surface area contributed by atoms with Gasteiger partial charge in [-0.15, -0.1) is 11.3 Å². The third kappa shape index (κ3) is 5.85. The van der Waals surface area contributed by atoms with Crippen molar-refractivity contribution in [2.75, 3.05) is 43.4 Å². The van der Waals surface area contributed by atoms with Gasteiger partial charge in [-0.2, -0.15) is 9.40 Å². The van der Waals surface area contributed by atoms with Crippen molar-refractivity contribution >= 4 is 44.4 Å². The zero-order chi connectivity index (χ0) is 33.0. The minimum absolute atomic E-state index is 0.143. The molecule has 10 nitrogen and oxygen atoms in total. The van der Waals surface area contributed by atoms with Crippen molar-refractivity contribution in [1.29, 1.82) is 0 Å². The number of hydrogen-bond donors (Lipinski definition) is 2. The molecule has 2 N–H and O–H groups in total. The average Bonchev–Trinajstić information content (AvgIpc) is 3.68. The minimum atomic E-state index is -4.33. The summed E-state index contributed by atoms with van der Waals surface area (Å²) in [6, 6.07) is 9.44. The molecule has 0 saturated carbocycles. The number of aryl methyl sites for hydroxylation is 1. The van der Waals surface area contributed by atoms with Crippen molar-refractivity contribution in [2.45, 2.75) is 44.2 Å². The second-order valence-corrected chi connectivity index (χ2v) is 15.0. The van der Waals surface area contributed by atoms with Crippen LogP contribution in [0, 0.1) is 18.6 Å². The third-order valence-corrected chi connectivity index (χ3v) is 11.7. The second kappa shape index (κ2) is 12.0. The largest absolute Gasteiger partial charge is 0.369 e. The van der Waals surface area contributed by atoms with Crippen LogP contribution in [0.15, 0.2) is 52.7 Å². The number of halogens is 2. The molecule has 0 atom stereocenters. The quantitative estimate of drug-likeness (QED) is 0.256. The van der Waals surface area contributed by atoms with Crippen LogP contribution in [-0.2, 0) is 28.5 Å². The molecule has 242 valence electrons. The Morgan fingerprint density at radius 2 is 1.74 bits per heavy atom. The van der Waals surface area contributed by atoms with Gasteiger partial charge >= 0.3 is 0 Å². The van der Waals surface area contributed by atoms with Gasteiger partial charge in [-0.05, 0) is 75.2 Å². The molecule has 0 unspecified atom stereocenters. The van der Waals surface area contributed by atoms with Gasteiger partial charge in [0, 0.05) is 61.3 Å². The van der Waals surface area contributed by atoms with E-state index in [9.17, 15) is 26.8 Å². The molecule has 0 radical (unpaired) electrons. The Labute approximate surface area is 270 Å². The normalized spacial score (nSPS) is 16.9. The number of H-pyrrole nitrogens is 1. The monoisotopic (exact) mass is 668 g/mol. The Hall–Kier alpha value is -3.98. The number of sulfonamides is 1. The summed E-state index contributed by atoms with van der Waals surface area (Å²) >= 11 is 1.32. The van der Waals surface area contributed by atoms with Crippen molar-refractivity contribution < 1.29 is 26.8 Å². The van der Waals surface area contributed by atoms with Crippen LogP contribution >= 0.6 is 11.3 Å². The van der Waals surface area contributed by atoms with Gasteiger partial charge in [0.1, 0.15) is 11.6 Å². The molecule has 4 aromatic rings. The maximum absolute atomic E-state index is 14.0. The van der Waals surface area contributed by atoms with Crippen LogP contribution in [0.5, 0.6) is 0 Å². The number of carbonyl (C=O) groups is 2. The van der Waals surface area contributed by atoms with Gasteiger partial charge in [0.05, 0.1) is 33.1 Å². The van der Waals surface area contributed by atoms with Crippen molar-refractivity contribution in [3.63, 3.8) is 0 Å². The first-order valence-corrected chi connectivity index (χ1v) is 17.1. The Balaban J connectivity index is 1.30. The minimum Gasteiger partial charge on any atom is -0.369 e. The second-order valence-electron chi connectivity index (χ2n) is 12.2. The van der Waals surface area contributed by atoms with Crippen molar-refractivity contribution in [1.82, 2.24) is 19.4 Å². The lowest BCUT2D eigenvalue weighted by Gasteiger charge is -2.34. The molecule has 1 amide bonds. The van der Waals surface area contributed by atoms with E-state index in [1.54, 1.807) is 19.9 Å². The molecule has 0 bridgehead atoms. The number of benzene rings is 2. The summed E-state index contributed by atoms with van der Waals surface area (Å²) in [6.45, 7) is 8.39. The van der Waals surface area contributed by atoms with E-state index in [-0.39, 0.29) is 24.7 Å². The maximum atomic E-state index is 14.0. The first-order chi connectivity index (χ1) is 21.8. The van der Waals surface area contributed by atoms with E-state index in [2.05, 4.69) is 32.4 Å². The number of fused-ring (bicyclic) bond motifs is 1. The lowest BCUT2D eigenvalue weighted by atomic mass is 9.98. The molecule has 2 aliphatic heterocycles. The summed E-state index contributed by atoms with van der Waals surface area (Å²) in [4.78, 5) is 31.7. The van der Waals surface area contributed by atoms with E-state index >= 15 is 0 Å². The number of ketones is 1. The van der Waals surface area contributed by atoms with Crippen LogP contribution in [0.1, 0.15) is 56.4 Å². The summed E-state index contributed by atoms with van der Waals surface area (Å²) in [5.74, 6) is -2.62. The summed E-state index contributed by atoms with van der Waals surface area (Å²) in [6.07, 6.45) is -0.143. The number of Topliss-reactive ketones (excluding diaryl/α,β-unsaturated/α-hetero) is 1. The summed E-state index contributed by atoms with van der Waals surface area (Å²) in [7, 11) is -2.26. The molecule has 2 aromatic heterocycles. The first-order valence-electron chi connectivity index (χ1n) is 14.8. The lowest BCUT2D eigenvalue weighted by Crippen LogP contribution is -2.44. The van der Waals surface area contributed by atoms with Crippen LogP contribution in [0.2, 0.25) is 0 Å². The van der Waals surface area contributed by atoms with Crippen LogP contribution in [0.25, 0.3) is 0 Å². The van der Waals surface area contributed by atoms with E-state index in [1.807, 2.05) is 30.5 Å². The number of hydrogen-bond acceptors (Lipinski definition) is 8. The molecule has 0 aliphatic carbocycles. The van der Waals surface area contributed by atoms with E-state index in [0.717, 1.165) is 53.9 Å². The van der Waals surface area contributed by atoms with Gasteiger partial charge in [-0.1, -0.05) is 0 Å². The van der Waals surface area contributed by atoms with E-state index < -0.39 is 32.1 Å². The highest BCUT2D eigenvalue weighted by molar-refractivity contribution is 7.89. The van der Waals surface area contributed by atoms with Crippen LogP contribution < -0.4 is 10.2 Å². The Morgan fingerprint density at radius 1 is 1.04 bits per heavy atom. The predicted octanol–water partition coefficient (Wildman–Crippen LogP) is 4.93. The number of thiophene rings is 1. The van der Waals surface area contributed by atoms with E-state index in [4.69, 9.17) is 0 Å². The summed E-state index contributed by atoms with van der Waals surface area (Å²) < 4.78 is 56.2. The molecule has 1 fully saturated rings. The van der Waals surface area contributed by atoms with Crippen LogP contribution in [-0.4, -0.2) is 72.7 Å². The Kier molecular flexibility index (Phi) is 8.34.